The quantitative estimate of drug-likeness (QED) is 0.796. The van der Waals surface area contributed by atoms with Crippen LogP contribution in [-0.4, -0.2) is 25.0 Å². The first-order chi connectivity index (χ1) is 8.16. The van der Waals surface area contributed by atoms with Crippen molar-refractivity contribution in [2.45, 2.75) is 18.9 Å². The highest BCUT2D eigenvalue weighted by Crippen LogP contribution is 2.25. The maximum Gasteiger partial charge on any atom is 0.248 e. The molecule has 1 amide bonds. The summed E-state index contributed by atoms with van der Waals surface area (Å²) >= 11 is 3.45. The summed E-state index contributed by atoms with van der Waals surface area (Å²) in [4.78, 5) is 11.0. The Balaban J connectivity index is 2.08. The average Bonchev–Trinajstić information content (AvgIpc) is 2.33. The molecule has 2 rings (SSSR count). The van der Waals surface area contributed by atoms with Crippen molar-refractivity contribution in [3.05, 3.63) is 28.2 Å². The van der Waals surface area contributed by atoms with E-state index < -0.39 is 5.91 Å². The predicted octanol–water partition coefficient (Wildman–Crippen LogP) is 1.71. The summed E-state index contributed by atoms with van der Waals surface area (Å²) in [6.45, 7) is 2.07. The number of piperidine rings is 1. The van der Waals surface area contributed by atoms with E-state index in [1.165, 1.54) is 6.42 Å². The Morgan fingerprint density at radius 1 is 1.53 bits per heavy atom. The number of amides is 1. The SMILES string of the molecule is NC(=O)c1ccc(NC2CCCNC2)c(Br)c1. The zero-order valence-electron chi connectivity index (χ0n) is 9.50. The molecule has 4 N–H and O–H groups in total. The number of carbonyl (C=O) groups excluding carboxylic acids is 1. The molecule has 1 heterocycles. The first-order valence-corrected chi connectivity index (χ1v) is 6.53. The summed E-state index contributed by atoms with van der Waals surface area (Å²) in [5.74, 6) is -0.406. The first-order valence-electron chi connectivity index (χ1n) is 5.73. The van der Waals surface area contributed by atoms with E-state index in [4.69, 9.17) is 5.73 Å². The Kier molecular flexibility index (Phi) is 4.02. The molecule has 1 fully saturated rings. The molecule has 4 nitrogen and oxygen atoms in total. The fraction of sp³-hybridized carbons (Fsp3) is 0.417. The highest BCUT2D eigenvalue weighted by Gasteiger charge is 2.14. The first kappa shape index (κ1) is 12.4. The Hall–Kier alpha value is -1.07. The third-order valence-corrected chi connectivity index (χ3v) is 3.57. The lowest BCUT2D eigenvalue weighted by Crippen LogP contribution is -2.38. The molecule has 0 spiro atoms. The molecule has 92 valence electrons. The maximum absolute atomic E-state index is 11.0. The number of rotatable bonds is 3. The predicted molar refractivity (Wildman–Crippen MR) is 72.2 cm³/mol. The van der Waals surface area contributed by atoms with Crippen LogP contribution in [0.1, 0.15) is 23.2 Å². The van der Waals surface area contributed by atoms with Crippen LogP contribution >= 0.6 is 15.9 Å². The van der Waals surface area contributed by atoms with Gasteiger partial charge in [0, 0.05) is 28.3 Å². The molecule has 1 aromatic rings. The molecule has 1 atom stereocenters. The topological polar surface area (TPSA) is 67.2 Å². The van der Waals surface area contributed by atoms with Crippen LogP contribution in [0.15, 0.2) is 22.7 Å². The van der Waals surface area contributed by atoms with Gasteiger partial charge in [-0.25, -0.2) is 0 Å². The van der Waals surface area contributed by atoms with Gasteiger partial charge in [0.05, 0.1) is 0 Å². The Morgan fingerprint density at radius 2 is 2.35 bits per heavy atom. The zero-order valence-corrected chi connectivity index (χ0v) is 11.1. The van der Waals surface area contributed by atoms with Gasteiger partial charge in [0.2, 0.25) is 5.91 Å². The van der Waals surface area contributed by atoms with Crippen LogP contribution in [0.5, 0.6) is 0 Å². The fourth-order valence-corrected chi connectivity index (χ4v) is 2.47. The van der Waals surface area contributed by atoms with Gasteiger partial charge >= 0.3 is 0 Å². The van der Waals surface area contributed by atoms with Gasteiger partial charge in [0.25, 0.3) is 0 Å². The van der Waals surface area contributed by atoms with Gasteiger partial charge in [-0.3, -0.25) is 4.79 Å². The van der Waals surface area contributed by atoms with E-state index in [-0.39, 0.29) is 0 Å². The molecule has 5 heteroatoms. The lowest BCUT2D eigenvalue weighted by molar-refractivity contribution is 0.100. The van der Waals surface area contributed by atoms with E-state index in [1.54, 1.807) is 12.1 Å². The second-order valence-corrected chi connectivity index (χ2v) is 5.10. The zero-order chi connectivity index (χ0) is 12.3. The molecule has 1 aliphatic rings. The normalized spacial score (nSPS) is 19.9. The van der Waals surface area contributed by atoms with Gasteiger partial charge in [0.15, 0.2) is 0 Å². The van der Waals surface area contributed by atoms with Crippen molar-refractivity contribution in [2.75, 3.05) is 18.4 Å². The van der Waals surface area contributed by atoms with Gasteiger partial charge in [-0.05, 0) is 53.5 Å². The fourth-order valence-electron chi connectivity index (χ4n) is 1.98. The molecule has 0 bridgehead atoms. The van der Waals surface area contributed by atoms with Crippen LogP contribution in [0, 0.1) is 0 Å². The Morgan fingerprint density at radius 3 is 2.94 bits per heavy atom. The molecule has 1 aromatic carbocycles. The van der Waals surface area contributed by atoms with Crippen LogP contribution in [0.2, 0.25) is 0 Å². The Bertz CT molecular complexity index is 416. The smallest absolute Gasteiger partial charge is 0.248 e. The van der Waals surface area contributed by atoms with Crippen LogP contribution < -0.4 is 16.4 Å². The third kappa shape index (κ3) is 3.20. The number of halogens is 1. The van der Waals surface area contributed by atoms with Gasteiger partial charge in [-0.2, -0.15) is 0 Å². The van der Waals surface area contributed by atoms with E-state index >= 15 is 0 Å². The van der Waals surface area contributed by atoms with Crippen molar-refractivity contribution in [3.63, 3.8) is 0 Å². The van der Waals surface area contributed by atoms with Crippen LogP contribution in [0.25, 0.3) is 0 Å². The van der Waals surface area contributed by atoms with E-state index in [0.29, 0.717) is 11.6 Å². The van der Waals surface area contributed by atoms with Crippen molar-refractivity contribution in [3.8, 4) is 0 Å². The molecule has 17 heavy (non-hydrogen) atoms. The second kappa shape index (κ2) is 5.51. The molecule has 0 aromatic heterocycles. The summed E-state index contributed by atoms with van der Waals surface area (Å²) in [6.07, 6.45) is 2.35. The molecule has 1 saturated heterocycles. The minimum atomic E-state index is -0.406. The molecule has 1 aliphatic heterocycles. The monoisotopic (exact) mass is 297 g/mol. The van der Waals surface area contributed by atoms with Crippen molar-refractivity contribution in [1.29, 1.82) is 0 Å². The number of benzene rings is 1. The second-order valence-electron chi connectivity index (χ2n) is 4.25. The van der Waals surface area contributed by atoms with Gasteiger partial charge in [-0.15, -0.1) is 0 Å². The summed E-state index contributed by atoms with van der Waals surface area (Å²) in [5, 5.41) is 6.81. The molecule has 0 saturated carbocycles. The molecule has 0 aliphatic carbocycles. The molecular weight excluding hydrogens is 282 g/mol. The summed E-state index contributed by atoms with van der Waals surface area (Å²) in [7, 11) is 0. The lowest BCUT2D eigenvalue weighted by atomic mass is 10.1. The number of hydrogen-bond donors (Lipinski definition) is 3. The van der Waals surface area contributed by atoms with Gasteiger partial charge < -0.3 is 16.4 Å². The number of anilines is 1. The van der Waals surface area contributed by atoms with Crippen molar-refractivity contribution in [2.24, 2.45) is 5.73 Å². The van der Waals surface area contributed by atoms with Crippen LogP contribution in [0.3, 0.4) is 0 Å². The van der Waals surface area contributed by atoms with Crippen molar-refractivity contribution >= 4 is 27.5 Å². The van der Waals surface area contributed by atoms with Gasteiger partial charge in [0.1, 0.15) is 0 Å². The van der Waals surface area contributed by atoms with E-state index in [0.717, 1.165) is 29.7 Å². The number of primary amides is 1. The lowest BCUT2D eigenvalue weighted by Gasteiger charge is -2.25. The van der Waals surface area contributed by atoms with E-state index in [9.17, 15) is 4.79 Å². The maximum atomic E-state index is 11.0. The Labute approximate surface area is 109 Å². The highest BCUT2D eigenvalue weighted by atomic mass is 79.9. The summed E-state index contributed by atoms with van der Waals surface area (Å²) in [6, 6.07) is 5.82. The average molecular weight is 298 g/mol. The number of hydrogen-bond acceptors (Lipinski definition) is 3. The number of carbonyl (C=O) groups is 1. The number of nitrogens with one attached hydrogen (secondary N) is 2. The molecule has 0 radical (unpaired) electrons. The third-order valence-electron chi connectivity index (χ3n) is 2.91. The van der Waals surface area contributed by atoms with Crippen LogP contribution in [-0.2, 0) is 0 Å². The minimum absolute atomic E-state index is 0.406. The highest BCUT2D eigenvalue weighted by molar-refractivity contribution is 9.10. The van der Waals surface area contributed by atoms with Crippen molar-refractivity contribution in [1.82, 2.24) is 5.32 Å². The standard InChI is InChI=1S/C12H16BrN3O/c13-10-6-8(12(14)17)3-4-11(10)16-9-2-1-5-15-7-9/h3-4,6,9,15-16H,1-2,5,7H2,(H2,14,17). The number of nitrogens with two attached hydrogens (primary N) is 1. The van der Waals surface area contributed by atoms with Crippen LogP contribution in [0.4, 0.5) is 5.69 Å². The van der Waals surface area contributed by atoms with E-state index in [1.807, 2.05) is 6.07 Å². The summed E-state index contributed by atoms with van der Waals surface area (Å²) < 4.78 is 0.874. The molecule has 1 unspecified atom stereocenters. The van der Waals surface area contributed by atoms with Crippen molar-refractivity contribution < 1.29 is 4.79 Å². The molecular formula is C12H16BrN3O. The summed E-state index contributed by atoms with van der Waals surface area (Å²) in [5.41, 5.74) is 6.75. The largest absolute Gasteiger partial charge is 0.380 e. The van der Waals surface area contributed by atoms with E-state index in [2.05, 4.69) is 26.6 Å². The van der Waals surface area contributed by atoms with Gasteiger partial charge in [-0.1, -0.05) is 0 Å². The minimum Gasteiger partial charge on any atom is -0.380 e.